The van der Waals surface area contributed by atoms with E-state index in [1.807, 2.05) is 0 Å². The smallest absolute Gasteiger partial charge is 0.252 e. The summed E-state index contributed by atoms with van der Waals surface area (Å²) in [6, 6.07) is 124. The minimum Gasteiger partial charge on any atom is -0.310 e. The molecular formula is C84H55BN2. The van der Waals surface area contributed by atoms with Crippen molar-refractivity contribution in [1.82, 2.24) is 0 Å². The quantitative estimate of drug-likeness (QED) is 0.105. The molecule has 2 aliphatic heterocycles. The second kappa shape index (κ2) is 20.8. The van der Waals surface area contributed by atoms with Crippen LogP contribution in [0.15, 0.2) is 334 Å². The number of hydrogen-bond donors (Lipinski definition) is 0. The van der Waals surface area contributed by atoms with E-state index in [1.54, 1.807) is 0 Å². The Hall–Kier alpha value is -11.3. The Morgan fingerprint density at radius 1 is 0.207 bits per heavy atom. The minimum atomic E-state index is -0.165. The minimum absolute atomic E-state index is 0.165. The van der Waals surface area contributed by atoms with E-state index in [0.29, 0.717) is 0 Å². The van der Waals surface area contributed by atoms with Crippen LogP contribution in [0.25, 0.3) is 110 Å². The van der Waals surface area contributed by atoms with E-state index in [0.717, 1.165) is 84.2 Å². The van der Waals surface area contributed by atoms with Gasteiger partial charge in [0.25, 0.3) is 6.71 Å². The standard InChI is InChI=1S/C84H55BN2/c1-6-26-56(27-7-1)62-51-53-76-75(54-62)85-74-52-50-63(80-70-39-18-20-41-72(70)81(73-42-21-19-40-71(73)80)69-47-22-37-57-36-16-17-38-64(57)69)55-79(74)87(84-67(60-32-12-4-13-33-60)45-24-46-68(84)61-34-14-5-15-35-61)78-49-25-48-77(82(78)85)86(76)83-65(58-28-8-2-9-29-58)43-23-44-66(83)59-30-10-3-11-31-59/h1-55H. The molecule has 404 valence electrons. The van der Waals surface area contributed by atoms with Gasteiger partial charge in [0.15, 0.2) is 0 Å². The van der Waals surface area contributed by atoms with Crippen LogP contribution in [-0.2, 0) is 0 Å². The molecule has 0 bridgehead atoms. The molecule has 0 fully saturated rings. The third kappa shape index (κ3) is 8.19. The fourth-order valence-corrected chi connectivity index (χ4v) is 14.5. The largest absolute Gasteiger partial charge is 0.310 e. The molecule has 0 saturated carbocycles. The Bertz CT molecular complexity index is 4980. The monoisotopic (exact) mass is 1100 g/mol. The van der Waals surface area contributed by atoms with Crippen molar-refractivity contribution in [2.45, 2.75) is 0 Å². The molecule has 0 radical (unpaired) electrons. The molecule has 0 amide bonds. The normalized spacial score (nSPS) is 12.3. The summed E-state index contributed by atoms with van der Waals surface area (Å²) in [6.07, 6.45) is 0. The lowest BCUT2D eigenvalue weighted by molar-refractivity contribution is 1.25. The van der Waals surface area contributed by atoms with Gasteiger partial charge in [-0.25, -0.2) is 0 Å². The van der Waals surface area contributed by atoms with Crippen LogP contribution in [0.4, 0.5) is 34.1 Å². The van der Waals surface area contributed by atoms with Crippen LogP contribution in [0, 0.1) is 0 Å². The maximum absolute atomic E-state index is 2.65. The van der Waals surface area contributed by atoms with Crippen molar-refractivity contribution in [2.24, 2.45) is 0 Å². The molecule has 2 nitrogen and oxygen atoms in total. The van der Waals surface area contributed by atoms with E-state index in [9.17, 15) is 0 Å². The van der Waals surface area contributed by atoms with E-state index in [2.05, 4.69) is 343 Å². The summed E-state index contributed by atoms with van der Waals surface area (Å²) in [5.74, 6) is 0. The average Bonchev–Trinajstić information content (AvgIpc) is 0.774. The van der Waals surface area contributed by atoms with Gasteiger partial charge in [-0.05, 0) is 129 Å². The second-order valence-corrected chi connectivity index (χ2v) is 23.0. The van der Waals surface area contributed by atoms with Crippen molar-refractivity contribution in [2.75, 3.05) is 9.80 Å². The molecule has 17 rings (SSSR count). The van der Waals surface area contributed by atoms with Crippen LogP contribution in [0.1, 0.15) is 0 Å². The summed E-state index contributed by atoms with van der Waals surface area (Å²) in [5.41, 5.74) is 27.1. The van der Waals surface area contributed by atoms with Crippen molar-refractivity contribution in [3.63, 3.8) is 0 Å². The Labute approximate surface area is 507 Å². The summed E-state index contributed by atoms with van der Waals surface area (Å²) in [4.78, 5) is 5.26. The predicted octanol–water partition coefficient (Wildman–Crippen LogP) is 20.9. The highest BCUT2D eigenvalue weighted by Crippen LogP contribution is 2.54. The van der Waals surface area contributed by atoms with Crippen molar-refractivity contribution in [1.29, 1.82) is 0 Å². The zero-order chi connectivity index (χ0) is 57.4. The van der Waals surface area contributed by atoms with Gasteiger partial charge in [-0.1, -0.05) is 309 Å². The summed E-state index contributed by atoms with van der Waals surface area (Å²) in [6.45, 7) is -0.165. The van der Waals surface area contributed by atoms with Crippen LogP contribution >= 0.6 is 0 Å². The summed E-state index contributed by atoms with van der Waals surface area (Å²) >= 11 is 0. The van der Waals surface area contributed by atoms with Crippen molar-refractivity contribution >= 4 is 89.5 Å². The number of benzene rings is 15. The van der Waals surface area contributed by atoms with Crippen LogP contribution in [-0.4, -0.2) is 6.71 Å². The number of nitrogens with zero attached hydrogens (tertiary/aromatic N) is 2. The molecule has 0 aliphatic carbocycles. The first-order valence-corrected chi connectivity index (χ1v) is 30.2. The van der Waals surface area contributed by atoms with Gasteiger partial charge in [0, 0.05) is 45.0 Å². The average molecular weight is 1100 g/mol. The Morgan fingerprint density at radius 3 is 1.09 bits per heavy atom. The van der Waals surface area contributed by atoms with E-state index in [4.69, 9.17) is 0 Å². The summed E-state index contributed by atoms with van der Waals surface area (Å²) < 4.78 is 0. The van der Waals surface area contributed by atoms with E-state index < -0.39 is 0 Å². The lowest BCUT2D eigenvalue weighted by Gasteiger charge is -2.45. The predicted molar refractivity (Wildman–Crippen MR) is 371 cm³/mol. The number of rotatable bonds is 9. The first kappa shape index (κ1) is 50.3. The van der Waals surface area contributed by atoms with Gasteiger partial charge in [0.05, 0.1) is 11.4 Å². The van der Waals surface area contributed by atoms with Gasteiger partial charge in [0.1, 0.15) is 0 Å². The van der Waals surface area contributed by atoms with Crippen molar-refractivity contribution in [3.8, 4) is 77.9 Å². The molecular weight excluding hydrogens is 1050 g/mol. The van der Waals surface area contributed by atoms with E-state index in [-0.39, 0.29) is 6.71 Å². The van der Waals surface area contributed by atoms with Crippen LogP contribution in [0.5, 0.6) is 0 Å². The molecule has 2 aliphatic rings. The van der Waals surface area contributed by atoms with E-state index >= 15 is 0 Å². The molecule has 0 saturated heterocycles. The van der Waals surface area contributed by atoms with Crippen molar-refractivity contribution in [3.05, 3.63) is 334 Å². The molecule has 2 heterocycles. The topological polar surface area (TPSA) is 6.48 Å². The maximum Gasteiger partial charge on any atom is 0.252 e. The molecule has 3 heteroatoms. The van der Waals surface area contributed by atoms with Gasteiger partial charge in [-0.15, -0.1) is 0 Å². The molecule has 15 aromatic carbocycles. The highest BCUT2D eigenvalue weighted by Gasteiger charge is 2.45. The Balaban J connectivity index is 1.00. The highest BCUT2D eigenvalue weighted by atomic mass is 15.2. The Morgan fingerprint density at radius 2 is 0.586 bits per heavy atom. The molecule has 0 atom stereocenters. The summed E-state index contributed by atoms with van der Waals surface area (Å²) in [7, 11) is 0. The van der Waals surface area contributed by atoms with Gasteiger partial charge in [-0.2, -0.15) is 0 Å². The third-order valence-electron chi connectivity index (χ3n) is 18.2. The lowest BCUT2D eigenvalue weighted by Crippen LogP contribution is -2.61. The van der Waals surface area contributed by atoms with Gasteiger partial charge < -0.3 is 9.80 Å². The zero-order valence-corrected chi connectivity index (χ0v) is 47.7. The highest BCUT2D eigenvalue weighted by molar-refractivity contribution is 7.00. The zero-order valence-electron chi connectivity index (χ0n) is 47.7. The molecule has 0 N–H and O–H groups in total. The molecule has 15 aromatic rings. The molecule has 87 heavy (non-hydrogen) atoms. The first-order valence-electron chi connectivity index (χ1n) is 30.2. The van der Waals surface area contributed by atoms with Gasteiger partial charge >= 0.3 is 0 Å². The lowest BCUT2D eigenvalue weighted by atomic mass is 9.33. The molecule has 0 spiro atoms. The summed E-state index contributed by atoms with van der Waals surface area (Å²) in [5, 5.41) is 7.38. The maximum atomic E-state index is 2.65. The van der Waals surface area contributed by atoms with Crippen LogP contribution in [0.3, 0.4) is 0 Å². The van der Waals surface area contributed by atoms with Gasteiger partial charge in [-0.3, -0.25) is 0 Å². The van der Waals surface area contributed by atoms with Crippen LogP contribution in [0.2, 0.25) is 0 Å². The van der Waals surface area contributed by atoms with Crippen molar-refractivity contribution < 1.29 is 0 Å². The van der Waals surface area contributed by atoms with Crippen LogP contribution < -0.4 is 26.2 Å². The fraction of sp³-hybridized carbons (Fsp3) is 0. The Kier molecular flexibility index (Phi) is 12.0. The molecule has 0 aromatic heterocycles. The number of fused-ring (bicyclic) bond motifs is 7. The molecule has 0 unspecified atom stereocenters. The SMILES string of the molecule is c1ccc(-c2ccc3c(c2)B2c4ccc(-c5c6ccccc6c(-c6cccc7ccccc67)c6ccccc56)cc4N(c4c(-c5ccccc5)cccc4-c4ccccc4)c4cccc(c42)N3c2c(-c3ccccc3)cccc2-c2ccccc2)cc1. The third-order valence-corrected chi connectivity index (χ3v) is 18.2. The first-order chi connectivity index (χ1) is 43.2. The van der Waals surface area contributed by atoms with E-state index in [1.165, 1.54) is 76.5 Å². The number of para-hydroxylation sites is 2. The number of anilines is 6. The number of hydrogen-bond acceptors (Lipinski definition) is 2. The van der Waals surface area contributed by atoms with Gasteiger partial charge in [0.2, 0.25) is 0 Å². The fourth-order valence-electron chi connectivity index (χ4n) is 14.5. The second-order valence-electron chi connectivity index (χ2n) is 23.0.